The highest BCUT2D eigenvalue weighted by Gasteiger charge is 2.13. The molecular weight excluding hydrogens is 344 g/mol. The summed E-state index contributed by atoms with van der Waals surface area (Å²) in [4.78, 5) is 12.8. The fraction of sp³-hybridized carbons (Fsp3) is 0.118. The smallest absolute Gasteiger partial charge is 0.245 e. The lowest BCUT2D eigenvalue weighted by Gasteiger charge is -2.01. The van der Waals surface area contributed by atoms with E-state index in [1.54, 1.807) is 4.68 Å². The number of carbonyl (C=O) groups excluding carboxylic acids is 1. The van der Waals surface area contributed by atoms with Gasteiger partial charge in [0.05, 0.1) is 29.6 Å². The minimum atomic E-state index is -0.169. The molecule has 0 spiro atoms. The van der Waals surface area contributed by atoms with Crippen LogP contribution in [0.2, 0.25) is 5.15 Å². The van der Waals surface area contributed by atoms with E-state index < -0.39 is 0 Å². The maximum Gasteiger partial charge on any atom is 0.245 e. The molecule has 0 fully saturated rings. The molecule has 0 unspecified atom stereocenters. The number of thiophene rings is 1. The first kappa shape index (κ1) is 16.4. The van der Waals surface area contributed by atoms with E-state index in [9.17, 15) is 4.79 Å². The predicted octanol–water partition coefficient (Wildman–Crippen LogP) is 3.59. The lowest BCUT2D eigenvalue weighted by molar-refractivity contribution is -0.120. The lowest BCUT2D eigenvalue weighted by Crippen LogP contribution is -2.19. The van der Waals surface area contributed by atoms with Crippen molar-refractivity contribution in [3.05, 3.63) is 69.1 Å². The molecule has 1 amide bonds. The van der Waals surface area contributed by atoms with Gasteiger partial charge < -0.3 is 0 Å². The quantitative estimate of drug-likeness (QED) is 0.559. The van der Waals surface area contributed by atoms with Gasteiger partial charge in [0, 0.05) is 4.88 Å². The summed E-state index contributed by atoms with van der Waals surface area (Å²) in [6.07, 6.45) is 1.83. The summed E-state index contributed by atoms with van der Waals surface area (Å²) in [5.74, 6) is -0.169. The van der Waals surface area contributed by atoms with E-state index in [0.717, 1.165) is 16.3 Å². The normalized spacial score (nSPS) is 11.1. The van der Waals surface area contributed by atoms with Gasteiger partial charge in [-0.05, 0) is 30.5 Å². The van der Waals surface area contributed by atoms with Crippen LogP contribution in [0.3, 0.4) is 0 Å². The summed E-state index contributed by atoms with van der Waals surface area (Å²) in [5, 5.41) is 10.8. The standard InChI is InChI=1S/C17H15ClN4OS/c1-12-15(11-19-20-16(23)10-14-8-5-9-24-14)17(18)22(21-12)13-6-3-2-4-7-13/h2-9,11H,10H2,1H3,(H,20,23)/b19-11-. The summed E-state index contributed by atoms with van der Waals surface area (Å²) < 4.78 is 1.64. The zero-order valence-corrected chi connectivity index (χ0v) is 14.5. The van der Waals surface area contributed by atoms with E-state index in [4.69, 9.17) is 11.6 Å². The van der Waals surface area contributed by atoms with Crippen LogP contribution in [0.4, 0.5) is 0 Å². The fourth-order valence-electron chi connectivity index (χ4n) is 2.18. The minimum Gasteiger partial charge on any atom is -0.273 e. The Labute approximate surface area is 148 Å². The lowest BCUT2D eigenvalue weighted by atomic mass is 10.3. The third kappa shape index (κ3) is 3.72. The maximum absolute atomic E-state index is 11.8. The topological polar surface area (TPSA) is 59.3 Å². The molecule has 0 bridgehead atoms. The van der Waals surface area contributed by atoms with Crippen LogP contribution in [0, 0.1) is 6.92 Å². The van der Waals surface area contributed by atoms with Crippen LogP contribution in [-0.2, 0) is 11.2 Å². The first-order chi connectivity index (χ1) is 11.6. The van der Waals surface area contributed by atoms with E-state index in [0.29, 0.717) is 17.1 Å². The number of hydrazone groups is 1. The second kappa shape index (κ2) is 7.42. The number of halogens is 1. The summed E-state index contributed by atoms with van der Waals surface area (Å²) >= 11 is 7.93. The number of aryl methyl sites for hydroxylation is 1. The van der Waals surface area contributed by atoms with Gasteiger partial charge in [-0.25, -0.2) is 10.1 Å². The molecule has 0 radical (unpaired) electrons. The SMILES string of the molecule is Cc1nn(-c2ccccc2)c(Cl)c1/C=N\NC(=O)Cc1cccs1. The largest absolute Gasteiger partial charge is 0.273 e. The molecule has 0 aliphatic carbocycles. The van der Waals surface area contributed by atoms with Crippen LogP contribution >= 0.6 is 22.9 Å². The Hall–Kier alpha value is -2.44. The minimum absolute atomic E-state index is 0.169. The molecule has 0 aliphatic heterocycles. The number of hydrogen-bond donors (Lipinski definition) is 1. The van der Waals surface area contributed by atoms with Crippen molar-refractivity contribution < 1.29 is 4.79 Å². The Kier molecular flexibility index (Phi) is 5.08. The molecule has 2 aromatic heterocycles. The van der Waals surface area contributed by atoms with E-state index in [1.807, 2.05) is 54.8 Å². The van der Waals surface area contributed by atoms with Gasteiger partial charge in [-0.15, -0.1) is 11.3 Å². The van der Waals surface area contributed by atoms with E-state index in [1.165, 1.54) is 17.6 Å². The van der Waals surface area contributed by atoms with Gasteiger partial charge in [-0.1, -0.05) is 35.9 Å². The van der Waals surface area contributed by atoms with Crippen LogP contribution in [0.25, 0.3) is 5.69 Å². The Balaban J connectivity index is 1.71. The summed E-state index contributed by atoms with van der Waals surface area (Å²) in [7, 11) is 0. The summed E-state index contributed by atoms with van der Waals surface area (Å²) in [6, 6.07) is 13.4. The van der Waals surface area contributed by atoms with Crippen LogP contribution in [0.5, 0.6) is 0 Å². The second-order valence-corrected chi connectivity index (χ2v) is 6.48. The molecule has 0 atom stereocenters. The van der Waals surface area contributed by atoms with E-state index in [2.05, 4.69) is 15.6 Å². The molecule has 3 aromatic rings. The average molecular weight is 359 g/mol. The van der Waals surface area contributed by atoms with Crippen molar-refractivity contribution in [1.29, 1.82) is 0 Å². The molecule has 5 nitrogen and oxygen atoms in total. The number of carbonyl (C=O) groups is 1. The van der Waals surface area contributed by atoms with Crippen molar-refractivity contribution in [3.8, 4) is 5.69 Å². The number of nitrogens with zero attached hydrogens (tertiary/aromatic N) is 3. The van der Waals surface area contributed by atoms with Crippen molar-refractivity contribution in [2.75, 3.05) is 0 Å². The monoisotopic (exact) mass is 358 g/mol. The van der Waals surface area contributed by atoms with Gasteiger partial charge in [-0.2, -0.15) is 10.2 Å². The van der Waals surface area contributed by atoms with Crippen LogP contribution in [0.1, 0.15) is 16.1 Å². The average Bonchev–Trinajstić information content (AvgIpc) is 3.18. The molecule has 122 valence electrons. The molecule has 3 rings (SSSR count). The molecule has 1 aromatic carbocycles. The highest BCUT2D eigenvalue weighted by molar-refractivity contribution is 7.10. The summed E-state index contributed by atoms with van der Waals surface area (Å²) in [5.41, 5.74) is 4.80. The molecule has 0 saturated heterocycles. The third-order valence-corrected chi connectivity index (χ3v) is 4.59. The number of amides is 1. The number of benzene rings is 1. The highest BCUT2D eigenvalue weighted by atomic mass is 35.5. The van der Waals surface area contributed by atoms with Gasteiger partial charge in [0.15, 0.2) is 0 Å². The zero-order chi connectivity index (χ0) is 16.9. The number of rotatable bonds is 5. The van der Waals surface area contributed by atoms with Gasteiger partial charge in [0.2, 0.25) is 5.91 Å². The van der Waals surface area contributed by atoms with Crippen molar-refractivity contribution in [1.82, 2.24) is 15.2 Å². The first-order valence-electron chi connectivity index (χ1n) is 7.30. The molecule has 1 N–H and O–H groups in total. The Morgan fingerprint density at radius 1 is 1.33 bits per heavy atom. The van der Waals surface area contributed by atoms with Crippen LogP contribution < -0.4 is 5.43 Å². The van der Waals surface area contributed by atoms with E-state index >= 15 is 0 Å². The van der Waals surface area contributed by atoms with Gasteiger partial charge in [0.25, 0.3) is 0 Å². The highest BCUT2D eigenvalue weighted by Crippen LogP contribution is 2.21. The number of hydrogen-bond acceptors (Lipinski definition) is 4. The first-order valence-corrected chi connectivity index (χ1v) is 8.55. The van der Waals surface area contributed by atoms with Crippen molar-refractivity contribution >= 4 is 35.1 Å². The van der Waals surface area contributed by atoms with Crippen LogP contribution in [-0.4, -0.2) is 21.9 Å². The van der Waals surface area contributed by atoms with Gasteiger partial charge in [0.1, 0.15) is 5.15 Å². The maximum atomic E-state index is 11.8. The molecule has 2 heterocycles. The third-order valence-electron chi connectivity index (χ3n) is 3.35. The molecule has 24 heavy (non-hydrogen) atoms. The number of nitrogens with one attached hydrogen (secondary N) is 1. The molecule has 0 aliphatic rings. The number of aromatic nitrogens is 2. The zero-order valence-electron chi connectivity index (χ0n) is 12.9. The summed E-state index contributed by atoms with van der Waals surface area (Å²) in [6.45, 7) is 1.85. The Morgan fingerprint density at radius 3 is 2.83 bits per heavy atom. The van der Waals surface area contributed by atoms with Crippen molar-refractivity contribution in [2.45, 2.75) is 13.3 Å². The van der Waals surface area contributed by atoms with Gasteiger partial charge in [-0.3, -0.25) is 4.79 Å². The molecule has 7 heteroatoms. The second-order valence-electron chi connectivity index (χ2n) is 5.09. The van der Waals surface area contributed by atoms with Crippen LogP contribution in [0.15, 0.2) is 52.9 Å². The molecule has 0 saturated carbocycles. The van der Waals surface area contributed by atoms with Crippen molar-refractivity contribution in [3.63, 3.8) is 0 Å². The molecular formula is C17H15ClN4OS. The fourth-order valence-corrected chi connectivity index (χ4v) is 3.20. The van der Waals surface area contributed by atoms with Crippen molar-refractivity contribution in [2.24, 2.45) is 5.10 Å². The van der Waals surface area contributed by atoms with E-state index in [-0.39, 0.29) is 5.91 Å². The number of para-hydroxylation sites is 1. The van der Waals surface area contributed by atoms with Gasteiger partial charge >= 0.3 is 0 Å². The Bertz CT molecular complexity index is 856. The predicted molar refractivity (Wildman–Crippen MR) is 97.1 cm³/mol. The Morgan fingerprint density at radius 2 is 2.12 bits per heavy atom.